The minimum absolute atomic E-state index is 0.0645. The van der Waals surface area contributed by atoms with Gasteiger partial charge in [0.2, 0.25) is 0 Å². The lowest BCUT2D eigenvalue weighted by molar-refractivity contribution is -0.133. The molecule has 4 rings (SSSR count). The fourth-order valence-corrected chi connectivity index (χ4v) is 5.22. The number of ether oxygens (including phenoxy) is 1. The number of carbonyl (C=O) groups is 1. The molecule has 6 heteroatoms. The van der Waals surface area contributed by atoms with Gasteiger partial charge in [-0.05, 0) is 49.2 Å². The third-order valence-electron chi connectivity index (χ3n) is 5.90. The number of rotatable bonds is 2. The first kappa shape index (κ1) is 21.0. The Labute approximate surface area is 188 Å². The molecule has 0 aromatic heterocycles. The number of guanidine groups is 1. The second-order valence-electron chi connectivity index (χ2n) is 9.03. The Bertz CT molecular complexity index is 1070. The van der Waals surface area contributed by atoms with Crippen LogP contribution < -0.4 is 10.5 Å². The van der Waals surface area contributed by atoms with Gasteiger partial charge in [0, 0.05) is 19.0 Å². The highest BCUT2D eigenvalue weighted by Gasteiger charge is 2.55. The van der Waals surface area contributed by atoms with Gasteiger partial charge in [-0.1, -0.05) is 45.0 Å². The lowest BCUT2D eigenvalue weighted by Gasteiger charge is -2.42. The summed E-state index contributed by atoms with van der Waals surface area (Å²) in [5.74, 6) is 0.885. The van der Waals surface area contributed by atoms with Crippen molar-refractivity contribution in [3.05, 3.63) is 53.6 Å². The van der Waals surface area contributed by atoms with Crippen molar-refractivity contribution < 1.29 is 9.53 Å². The summed E-state index contributed by atoms with van der Waals surface area (Å²) in [6, 6.07) is 14.6. The van der Waals surface area contributed by atoms with E-state index >= 15 is 0 Å². The van der Waals surface area contributed by atoms with Gasteiger partial charge in [0.15, 0.2) is 11.5 Å². The summed E-state index contributed by atoms with van der Waals surface area (Å²) >= 11 is 0.0645. The molecular formula is C24H28IN3O2. The van der Waals surface area contributed by atoms with Crippen molar-refractivity contribution in [1.82, 2.24) is 4.90 Å². The molecule has 2 aromatic carbocycles. The average Bonchev–Trinajstić information content (AvgIpc) is 2.91. The van der Waals surface area contributed by atoms with E-state index in [0.29, 0.717) is 12.2 Å². The number of amides is 1. The standard InChI is InChI=1S/C24H28IN3O2/c1-23(2,3)20-13-24(21(29)28(5)22(26)27-24)18-12-17(9-10-19(18)30-20)16-8-6-7-15(11-16)14-25-4/h6-12,14,20H,13H2,1-5H3,(H2,26,27)/t20?,24-/m0/s1. The normalized spacial score (nSPS) is 23.9. The van der Waals surface area contributed by atoms with E-state index < -0.39 is 5.54 Å². The number of hydrogen-bond donors (Lipinski definition) is 1. The van der Waals surface area contributed by atoms with Crippen LogP contribution in [-0.2, 0) is 10.3 Å². The van der Waals surface area contributed by atoms with Gasteiger partial charge in [-0.3, -0.25) is 9.69 Å². The minimum atomic E-state index is -1.03. The van der Waals surface area contributed by atoms with Crippen LogP contribution >= 0.6 is 20.7 Å². The molecule has 0 saturated carbocycles. The van der Waals surface area contributed by atoms with Crippen LogP contribution in [0.2, 0.25) is 0 Å². The minimum Gasteiger partial charge on any atom is -0.489 e. The highest BCUT2D eigenvalue weighted by molar-refractivity contribution is 14.2. The van der Waals surface area contributed by atoms with Gasteiger partial charge >= 0.3 is 0 Å². The van der Waals surface area contributed by atoms with Crippen LogP contribution in [0.4, 0.5) is 0 Å². The molecule has 1 unspecified atom stereocenters. The molecule has 2 atom stereocenters. The van der Waals surface area contributed by atoms with Crippen molar-refractivity contribution in [1.29, 1.82) is 0 Å². The molecule has 1 amide bonds. The van der Waals surface area contributed by atoms with E-state index in [2.05, 4.69) is 66.1 Å². The molecule has 0 radical (unpaired) electrons. The predicted octanol–water partition coefficient (Wildman–Crippen LogP) is 4.28. The summed E-state index contributed by atoms with van der Waals surface area (Å²) in [6.45, 7) is 6.37. The molecular weight excluding hydrogens is 489 g/mol. The van der Waals surface area contributed by atoms with E-state index in [4.69, 9.17) is 15.5 Å². The van der Waals surface area contributed by atoms with E-state index in [9.17, 15) is 4.79 Å². The third kappa shape index (κ3) is 3.45. The first-order valence-corrected chi connectivity index (χ1v) is 13.4. The Hall–Kier alpha value is -2.22. The van der Waals surface area contributed by atoms with Crippen LogP contribution in [0.15, 0.2) is 47.5 Å². The molecule has 5 nitrogen and oxygen atoms in total. The Morgan fingerprint density at radius 3 is 2.60 bits per heavy atom. The predicted molar refractivity (Wildman–Crippen MR) is 132 cm³/mol. The molecule has 2 aliphatic rings. The van der Waals surface area contributed by atoms with Crippen LogP contribution in [0, 0.1) is 5.41 Å². The lowest BCUT2D eigenvalue weighted by Crippen LogP contribution is -2.48. The van der Waals surface area contributed by atoms with E-state index in [1.54, 1.807) is 7.05 Å². The number of carbonyl (C=O) groups excluding carboxylic acids is 1. The smallest absolute Gasteiger partial charge is 0.261 e. The zero-order valence-corrected chi connectivity index (χ0v) is 20.2. The number of nitrogens with two attached hydrogens (primary N) is 1. The topological polar surface area (TPSA) is 67.9 Å². The molecule has 30 heavy (non-hydrogen) atoms. The van der Waals surface area contributed by atoms with Crippen molar-refractivity contribution >= 4 is 36.6 Å². The summed E-state index contributed by atoms with van der Waals surface area (Å²) in [6.07, 6.45) is 0.333. The summed E-state index contributed by atoms with van der Waals surface area (Å²) in [4.78, 5) is 21.8. The van der Waals surface area contributed by atoms with Crippen LogP contribution in [0.5, 0.6) is 5.75 Å². The van der Waals surface area contributed by atoms with E-state index in [1.807, 2.05) is 6.07 Å². The van der Waals surface area contributed by atoms with Gasteiger partial charge in [-0.15, -0.1) is 20.7 Å². The maximum Gasteiger partial charge on any atom is 0.261 e. The summed E-state index contributed by atoms with van der Waals surface area (Å²) in [7, 11) is 1.69. The molecule has 1 spiro atoms. The Kier molecular flexibility index (Phi) is 5.24. The van der Waals surface area contributed by atoms with Gasteiger partial charge in [-0.25, -0.2) is 4.99 Å². The zero-order chi connectivity index (χ0) is 21.7. The number of fused-ring (bicyclic) bond motifs is 2. The second-order valence-corrected chi connectivity index (χ2v) is 10.9. The summed E-state index contributed by atoms with van der Waals surface area (Å²) in [5, 5.41) is 0. The Morgan fingerprint density at radius 2 is 1.97 bits per heavy atom. The highest BCUT2D eigenvalue weighted by Crippen LogP contribution is 2.49. The van der Waals surface area contributed by atoms with Gasteiger partial charge in [0.1, 0.15) is 11.9 Å². The number of benzene rings is 2. The number of alkyl halides is 1. The van der Waals surface area contributed by atoms with Crippen molar-refractivity contribution in [2.75, 3.05) is 12.0 Å². The van der Waals surface area contributed by atoms with Crippen molar-refractivity contribution in [3.63, 3.8) is 0 Å². The molecule has 2 aromatic rings. The first-order valence-electron chi connectivity index (χ1n) is 10.0. The van der Waals surface area contributed by atoms with E-state index in [-0.39, 0.29) is 44.1 Å². The Morgan fingerprint density at radius 1 is 1.23 bits per heavy atom. The van der Waals surface area contributed by atoms with E-state index in [1.165, 1.54) is 10.5 Å². The van der Waals surface area contributed by atoms with Crippen LogP contribution in [0.3, 0.4) is 0 Å². The monoisotopic (exact) mass is 517 g/mol. The number of halogens is 1. The number of likely N-dealkylation sites (N-methyl/N-ethyl adjacent to an activating group) is 1. The lowest BCUT2D eigenvalue weighted by atomic mass is 9.74. The van der Waals surface area contributed by atoms with Crippen LogP contribution in [0.25, 0.3) is 11.1 Å². The van der Waals surface area contributed by atoms with Crippen molar-refractivity contribution in [2.45, 2.75) is 38.8 Å². The molecule has 158 valence electrons. The van der Waals surface area contributed by atoms with Crippen LogP contribution in [0.1, 0.15) is 38.3 Å². The van der Waals surface area contributed by atoms with Crippen molar-refractivity contribution in [2.24, 2.45) is 16.1 Å². The molecule has 0 fully saturated rings. The van der Waals surface area contributed by atoms with Gasteiger partial charge < -0.3 is 10.5 Å². The SMILES string of the molecule is CI=Cc1cccc(-c2ccc3c(c2)[C@]2(CC(C(C)(C)C)O3)N=C(N)N(C)C2=O)c1. The first-order chi connectivity index (χ1) is 14.2. The molecule has 2 aliphatic heterocycles. The fraction of sp³-hybridized carbons (Fsp3) is 0.375. The summed E-state index contributed by atoms with van der Waals surface area (Å²) < 4.78 is 8.68. The van der Waals surface area contributed by atoms with Crippen molar-refractivity contribution in [3.8, 4) is 16.9 Å². The highest BCUT2D eigenvalue weighted by atomic mass is 127. The molecule has 2 heterocycles. The number of aliphatic imine (C=N–C) groups is 1. The fourth-order valence-electron chi connectivity index (χ4n) is 4.11. The van der Waals surface area contributed by atoms with Crippen LogP contribution in [-0.4, -0.2) is 38.9 Å². The largest absolute Gasteiger partial charge is 0.489 e. The van der Waals surface area contributed by atoms with Gasteiger partial charge in [0.25, 0.3) is 5.91 Å². The molecule has 0 bridgehead atoms. The zero-order valence-electron chi connectivity index (χ0n) is 18.1. The molecule has 0 saturated heterocycles. The van der Waals surface area contributed by atoms with E-state index in [0.717, 1.165) is 16.7 Å². The quantitative estimate of drug-likeness (QED) is 0.478. The molecule has 0 aliphatic carbocycles. The summed E-state index contributed by atoms with van der Waals surface area (Å²) in [5.41, 5.74) is 9.14. The van der Waals surface area contributed by atoms with Gasteiger partial charge in [0.05, 0.1) is 0 Å². The number of nitrogens with zero attached hydrogens (tertiary/aromatic N) is 2. The molecule has 2 N–H and O–H groups in total. The Balaban J connectivity index is 1.88. The average molecular weight is 517 g/mol. The van der Waals surface area contributed by atoms with Gasteiger partial charge in [-0.2, -0.15) is 0 Å². The maximum absolute atomic E-state index is 13.4. The number of hydrogen-bond acceptors (Lipinski definition) is 4. The third-order valence-corrected chi connectivity index (χ3v) is 7.25. The second kappa shape index (κ2) is 7.48. The maximum atomic E-state index is 13.4.